The summed E-state index contributed by atoms with van der Waals surface area (Å²) in [5, 5.41) is 8.39. The van der Waals surface area contributed by atoms with Crippen molar-refractivity contribution in [1.82, 2.24) is 5.16 Å². The first-order valence-electron chi connectivity index (χ1n) is 8.91. The van der Waals surface area contributed by atoms with Crippen molar-refractivity contribution >= 4 is 38.6 Å². The highest BCUT2D eigenvalue weighted by molar-refractivity contribution is 7.92. The number of thiophene rings is 1. The van der Waals surface area contributed by atoms with Crippen LogP contribution in [0.3, 0.4) is 0 Å². The second-order valence-corrected chi connectivity index (χ2v) is 9.26. The first kappa shape index (κ1) is 19.9. The lowest BCUT2D eigenvalue weighted by Gasteiger charge is -2.19. The number of para-hydroxylation sites is 1. The largest absolute Gasteiger partial charge is 0.355 e. The van der Waals surface area contributed by atoms with E-state index in [1.807, 2.05) is 23.6 Å². The zero-order valence-corrected chi connectivity index (χ0v) is 17.5. The number of sulfonamides is 1. The van der Waals surface area contributed by atoms with E-state index >= 15 is 0 Å². The van der Waals surface area contributed by atoms with E-state index in [2.05, 4.69) is 10.5 Å². The zero-order chi connectivity index (χ0) is 21.1. The van der Waals surface area contributed by atoms with Crippen LogP contribution in [0.25, 0.3) is 10.6 Å². The van der Waals surface area contributed by atoms with Gasteiger partial charge in [0.2, 0.25) is 0 Å². The molecule has 0 spiro atoms. The number of hydrogen-bond donors (Lipinski definition) is 1. The minimum Gasteiger partial charge on any atom is -0.355 e. The van der Waals surface area contributed by atoms with Crippen molar-refractivity contribution in [3.63, 3.8) is 0 Å². The summed E-state index contributed by atoms with van der Waals surface area (Å²) in [5.74, 6) is 0.0686. The van der Waals surface area contributed by atoms with Crippen molar-refractivity contribution in [2.75, 3.05) is 16.7 Å². The number of carbonyl (C=O) groups excluding carboxylic acids is 1. The fourth-order valence-corrected chi connectivity index (χ4v) is 4.63. The van der Waals surface area contributed by atoms with Gasteiger partial charge in [-0.25, -0.2) is 8.42 Å². The molecule has 2 heterocycles. The van der Waals surface area contributed by atoms with Gasteiger partial charge in [0.25, 0.3) is 15.9 Å². The molecule has 0 aliphatic heterocycles. The molecule has 7 nitrogen and oxygen atoms in total. The van der Waals surface area contributed by atoms with Crippen LogP contribution >= 0.6 is 11.3 Å². The summed E-state index contributed by atoms with van der Waals surface area (Å²) >= 11 is 1.48. The number of nitrogens with zero attached hydrogens (tertiary/aromatic N) is 2. The third kappa shape index (κ3) is 3.98. The van der Waals surface area contributed by atoms with Crippen molar-refractivity contribution in [3.05, 3.63) is 83.9 Å². The van der Waals surface area contributed by atoms with Gasteiger partial charge < -0.3 is 9.84 Å². The van der Waals surface area contributed by atoms with E-state index in [1.54, 1.807) is 30.3 Å². The standard InChI is InChI=1S/C21H17N3O4S2/c1-24(16-6-3-2-4-7-16)30(26,27)17-11-9-15(10-12-17)22-21(25)18-14-19(28-23-18)20-8-5-13-29-20/h2-14H,1H3,(H,22,25). The predicted molar refractivity (Wildman–Crippen MR) is 116 cm³/mol. The predicted octanol–water partition coefficient (Wildman–Crippen LogP) is 4.48. The fraction of sp³-hybridized carbons (Fsp3) is 0.0476. The lowest BCUT2D eigenvalue weighted by atomic mass is 10.3. The van der Waals surface area contributed by atoms with E-state index < -0.39 is 15.9 Å². The van der Waals surface area contributed by atoms with Gasteiger partial charge in [0.05, 0.1) is 15.5 Å². The number of hydrogen-bond acceptors (Lipinski definition) is 6. The molecule has 4 aromatic rings. The van der Waals surface area contributed by atoms with Gasteiger partial charge in [0.15, 0.2) is 11.5 Å². The number of carbonyl (C=O) groups is 1. The van der Waals surface area contributed by atoms with Crippen molar-refractivity contribution in [3.8, 4) is 10.6 Å². The zero-order valence-electron chi connectivity index (χ0n) is 15.8. The van der Waals surface area contributed by atoms with E-state index in [1.165, 1.54) is 47.0 Å². The van der Waals surface area contributed by atoms with Crippen LogP contribution in [0.4, 0.5) is 11.4 Å². The van der Waals surface area contributed by atoms with Crippen LogP contribution < -0.4 is 9.62 Å². The molecule has 0 saturated carbocycles. The SMILES string of the molecule is CN(c1ccccc1)S(=O)(=O)c1ccc(NC(=O)c2cc(-c3cccs3)on2)cc1. The van der Waals surface area contributed by atoms with Gasteiger partial charge in [-0.05, 0) is 47.8 Å². The van der Waals surface area contributed by atoms with E-state index in [0.29, 0.717) is 17.1 Å². The van der Waals surface area contributed by atoms with Gasteiger partial charge in [-0.2, -0.15) is 0 Å². The number of aromatic nitrogens is 1. The third-order valence-electron chi connectivity index (χ3n) is 4.40. The van der Waals surface area contributed by atoms with Crippen LogP contribution in [0.2, 0.25) is 0 Å². The van der Waals surface area contributed by atoms with Crippen molar-refractivity contribution in [1.29, 1.82) is 0 Å². The maximum Gasteiger partial charge on any atom is 0.277 e. The lowest BCUT2D eigenvalue weighted by molar-refractivity contribution is 0.101. The molecular formula is C21H17N3O4S2. The van der Waals surface area contributed by atoms with Crippen LogP contribution in [-0.2, 0) is 10.0 Å². The average Bonchev–Trinajstić information content (AvgIpc) is 3.46. The Morgan fingerprint density at radius 3 is 2.43 bits per heavy atom. The molecule has 0 unspecified atom stereocenters. The van der Waals surface area contributed by atoms with Gasteiger partial charge in [-0.1, -0.05) is 29.4 Å². The number of benzene rings is 2. The van der Waals surface area contributed by atoms with Gasteiger partial charge in [0.1, 0.15) is 0 Å². The highest BCUT2D eigenvalue weighted by Crippen LogP contribution is 2.26. The topological polar surface area (TPSA) is 92.5 Å². The molecule has 1 N–H and O–H groups in total. The molecule has 2 aromatic carbocycles. The maximum atomic E-state index is 12.8. The minimum absolute atomic E-state index is 0.119. The molecule has 0 fully saturated rings. The third-order valence-corrected chi connectivity index (χ3v) is 7.08. The van der Waals surface area contributed by atoms with Crippen LogP contribution in [0.5, 0.6) is 0 Å². The van der Waals surface area contributed by atoms with Crippen LogP contribution in [0.1, 0.15) is 10.5 Å². The lowest BCUT2D eigenvalue weighted by Crippen LogP contribution is -2.26. The minimum atomic E-state index is -3.72. The van der Waals surface area contributed by atoms with Crippen molar-refractivity contribution < 1.29 is 17.7 Å². The molecule has 0 aliphatic carbocycles. The van der Waals surface area contributed by atoms with E-state index in [9.17, 15) is 13.2 Å². The highest BCUT2D eigenvalue weighted by Gasteiger charge is 2.21. The molecule has 30 heavy (non-hydrogen) atoms. The van der Waals surface area contributed by atoms with E-state index in [4.69, 9.17) is 4.52 Å². The maximum absolute atomic E-state index is 12.8. The Labute approximate surface area is 177 Å². The molecule has 152 valence electrons. The summed E-state index contributed by atoms with van der Waals surface area (Å²) in [6, 6.07) is 20.1. The van der Waals surface area contributed by atoms with E-state index in [-0.39, 0.29) is 10.6 Å². The molecule has 0 atom stereocenters. The van der Waals surface area contributed by atoms with Crippen molar-refractivity contribution in [2.45, 2.75) is 4.90 Å². The van der Waals surface area contributed by atoms with Gasteiger partial charge in [-0.3, -0.25) is 9.10 Å². The number of rotatable bonds is 6. The Bertz CT molecular complexity index is 1250. The summed E-state index contributed by atoms with van der Waals surface area (Å²) in [6.07, 6.45) is 0. The Hall–Kier alpha value is -3.43. The number of nitrogens with one attached hydrogen (secondary N) is 1. The molecule has 2 aromatic heterocycles. The summed E-state index contributed by atoms with van der Waals surface area (Å²) in [4.78, 5) is 13.4. The summed E-state index contributed by atoms with van der Waals surface area (Å²) in [6.45, 7) is 0. The molecule has 1 amide bonds. The average molecular weight is 440 g/mol. The van der Waals surface area contributed by atoms with Crippen LogP contribution in [-0.4, -0.2) is 26.5 Å². The van der Waals surface area contributed by atoms with Gasteiger partial charge >= 0.3 is 0 Å². The Kier molecular flexibility index (Phi) is 5.39. The smallest absolute Gasteiger partial charge is 0.277 e. The Morgan fingerprint density at radius 1 is 1.03 bits per heavy atom. The number of anilines is 2. The first-order chi connectivity index (χ1) is 14.4. The summed E-state index contributed by atoms with van der Waals surface area (Å²) in [5.41, 5.74) is 1.14. The fourth-order valence-electron chi connectivity index (χ4n) is 2.76. The van der Waals surface area contributed by atoms with E-state index in [0.717, 1.165) is 4.88 Å². The quantitative estimate of drug-likeness (QED) is 0.478. The molecule has 9 heteroatoms. The summed E-state index contributed by atoms with van der Waals surface area (Å²) < 4.78 is 32.1. The van der Waals surface area contributed by atoms with Crippen molar-refractivity contribution in [2.24, 2.45) is 0 Å². The highest BCUT2D eigenvalue weighted by atomic mass is 32.2. The van der Waals surface area contributed by atoms with Crippen LogP contribution in [0, 0.1) is 0 Å². The summed E-state index contributed by atoms with van der Waals surface area (Å²) in [7, 11) is -2.22. The monoisotopic (exact) mass is 439 g/mol. The Balaban J connectivity index is 1.48. The van der Waals surface area contributed by atoms with Gasteiger partial charge in [-0.15, -0.1) is 11.3 Å². The number of amides is 1. The second-order valence-electron chi connectivity index (χ2n) is 6.34. The van der Waals surface area contributed by atoms with Gasteiger partial charge in [0, 0.05) is 18.8 Å². The Morgan fingerprint density at radius 2 is 1.77 bits per heavy atom. The normalized spacial score (nSPS) is 11.2. The molecule has 0 saturated heterocycles. The molecular weight excluding hydrogens is 422 g/mol. The van der Waals surface area contributed by atoms with Crippen LogP contribution in [0.15, 0.2) is 87.6 Å². The molecule has 4 rings (SSSR count). The molecule has 0 aliphatic rings. The molecule has 0 bridgehead atoms. The first-order valence-corrected chi connectivity index (χ1v) is 11.2. The molecule has 0 radical (unpaired) electrons. The second kappa shape index (κ2) is 8.13.